The average molecular weight is 217 g/mol. The molecule has 1 aromatic carbocycles. The fourth-order valence-electron chi connectivity index (χ4n) is 1.51. The quantitative estimate of drug-likeness (QED) is 0.722. The summed E-state index contributed by atoms with van der Waals surface area (Å²) in [6.07, 6.45) is 1.63. The van der Waals surface area contributed by atoms with Crippen molar-refractivity contribution in [2.75, 3.05) is 5.73 Å². The third-order valence-electron chi connectivity index (χ3n) is 2.19. The highest BCUT2D eigenvalue weighted by atomic mass is 16.4. The Bertz CT molecular complexity index is 519. The average Bonchev–Trinajstić information content (AvgIpc) is 2.64. The predicted molar refractivity (Wildman–Crippen MR) is 59.8 cm³/mol. The molecule has 2 rings (SSSR count). The number of aliphatic carboxylic acids is 1. The van der Waals surface area contributed by atoms with Gasteiger partial charge in [-0.1, -0.05) is 18.2 Å². The summed E-state index contributed by atoms with van der Waals surface area (Å²) in [4.78, 5) is 17.4. The maximum Gasteiger partial charge on any atom is 0.307 e. The maximum absolute atomic E-state index is 10.6. The van der Waals surface area contributed by atoms with Crippen LogP contribution >= 0.6 is 0 Å². The molecule has 0 aliphatic heterocycles. The summed E-state index contributed by atoms with van der Waals surface area (Å²) in [5, 5.41) is 8.69. The Kier molecular flexibility index (Phi) is 2.59. The van der Waals surface area contributed by atoms with Crippen LogP contribution in [0.3, 0.4) is 0 Å². The van der Waals surface area contributed by atoms with E-state index in [2.05, 4.69) is 9.97 Å². The number of aromatic nitrogens is 2. The molecule has 0 fully saturated rings. The molecule has 0 radical (unpaired) electrons. The summed E-state index contributed by atoms with van der Waals surface area (Å²) >= 11 is 0. The molecule has 0 saturated heterocycles. The SMILES string of the molecule is Nc1ncc(-c2cccc(CC(=O)O)c2)[nH]1. The smallest absolute Gasteiger partial charge is 0.307 e. The second kappa shape index (κ2) is 4.06. The molecule has 16 heavy (non-hydrogen) atoms. The molecule has 5 nitrogen and oxygen atoms in total. The number of aromatic amines is 1. The van der Waals surface area contributed by atoms with Gasteiger partial charge in [0.1, 0.15) is 0 Å². The second-order valence-corrected chi connectivity index (χ2v) is 3.45. The molecule has 0 bridgehead atoms. The van der Waals surface area contributed by atoms with Crippen LogP contribution in [0.1, 0.15) is 5.56 Å². The van der Waals surface area contributed by atoms with Gasteiger partial charge in [-0.15, -0.1) is 0 Å². The van der Waals surface area contributed by atoms with Crippen LogP contribution in [0.15, 0.2) is 30.5 Å². The molecule has 0 aliphatic carbocycles. The third kappa shape index (κ3) is 2.20. The van der Waals surface area contributed by atoms with Crippen LogP contribution in [0.5, 0.6) is 0 Å². The number of benzene rings is 1. The van der Waals surface area contributed by atoms with Crippen molar-refractivity contribution < 1.29 is 9.90 Å². The summed E-state index contributed by atoms with van der Waals surface area (Å²) in [7, 11) is 0. The first-order chi connectivity index (χ1) is 7.65. The van der Waals surface area contributed by atoms with Crippen LogP contribution in [0.4, 0.5) is 5.95 Å². The van der Waals surface area contributed by atoms with Crippen molar-refractivity contribution in [3.05, 3.63) is 36.0 Å². The lowest BCUT2D eigenvalue weighted by Gasteiger charge is -2.01. The molecule has 0 saturated carbocycles. The highest BCUT2D eigenvalue weighted by molar-refractivity contribution is 5.71. The molecular weight excluding hydrogens is 206 g/mol. The number of nitrogens with two attached hydrogens (primary N) is 1. The highest BCUT2D eigenvalue weighted by Crippen LogP contribution is 2.19. The van der Waals surface area contributed by atoms with Crippen molar-refractivity contribution in [2.24, 2.45) is 0 Å². The molecular formula is C11H11N3O2. The number of rotatable bonds is 3. The number of carboxylic acids is 1. The Balaban J connectivity index is 2.32. The van der Waals surface area contributed by atoms with Crippen molar-refractivity contribution in [1.29, 1.82) is 0 Å². The molecule has 0 amide bonds. The Labute approximate surface area is 91.9 Å². The number of hydrogen-bond acceptors (Lipinski definition) is 3. The van der Waals surface area contributed by atoms with Crippen molar-refractivity contribution in [1.82, 2.24) is 9.97 Å². The molecule has 1 heterocycles. The van der Waals surface area contributed by atoms with E-state index in [1.165, 1.54) is 0 Å². The Morgan fingerprint density at radius 3 is 2.94 bits per heavy atom. The Hall–Kier alpha value is -2.30. The summed E-state index contributed by atoms with van der Waals surface area (Å²) < 4.78 is 0. The lowest BCUT2D eigenvalue weighted by molar-refractivity contribution is -0.136. The number of H-pyrrole nitrogens is 1. The molecule has 0 atom stereocenters. The van der Waals surface area contributed by atoms with E-state index in [9.17, 15) is 4.79 Å². The van der Waals surface area contributed by atoms with Gasteiger partial charge in [-0.2, -0.15) is 0 Å². The lowest BCUT2D eigenvalue weighted by atomic mass is 10.1. The summed E-state index contributed by atoms with van der Waals surface area (Å²) in [5.41, 5.74) is 7.88. The van der Waals surface area contributed by atoms with E-state index < -0.39 is 5.97 Å². The van der Waals surface area contributed by atoms with E-state index in [0.29, 0.717) is 5.95 Å². The number of nitrogen functional groups attached to an aromatic ring is 1. The van der Waals surface area contributed by atoms with E-state index >= 15 is 0 Å². The Morgan fingerprint density at radius 2 is 2.31 bits per heavy atom. The molecule has 4 N–H and O–H groups in total. The normalized spacial score (nSPS) is 10.2. The van der Waals surface area contributed by atoms with Crippen LogP contribution in [0.25, 0.3) is 11.3 Å². The van der Waals surface area contributed by atoms with Crippen molar-refractivity contribution >= 4 is 11.9 Å². The van der Waals surface area contributed by atoms with Gasteiger partial charge in [0, 0.05) is 0 Å². The van der Waals surface area contributed by atoms with Gasteiger partial charge in [0.05, 0.1) is 18.3 Å². The maximum atomic E-state index is 10.6. The lowest BCUT2D eigenvalue weighted by Crippen LogP contribution is -1.99. The van der Waals surface area contributed by atoms with Crippen molar-refractivity contribution in [2.45, 2.75) is 6.42 Å². The number of nitrogens with zero attached hydrogens (tertiary/aromatic N) is 1. The topological polar surface area (TPSA) is 92.0 Å². The Morgan fingerprint density at radius 1 is 1.50 bits per heavy atom. The van der Waals surface area contributed by atoms with E-state index in [0.717, 1.165) is 16.8 Å². The van der Waals surface area contributed by atoms with E-state index in [-0.39, 0.29) is 6.42 Å². The highest BCUT2D eigenvalue weighted by Gasteiger charge is 2.04. The number of imidazole rings is 1. The zero-order valence-corrected chi connectivity index (χ0v) is 8.47. The van der Waals surface area contributed by atoms with Crippen molar-refractivity contribution in [3.63, 3.8) is 0 Å². The summed E-state index contributed by atoms with van der Waals surface area (Å²) in [5.74, 6) is -0.500. The largest absolute Gasteiger partial charge is 0.481 e. The first-order valence-electron chi connectivity index (χ1n) is 4.77. The predicted octanol–water partition coefficient (Wildman–Crippen LogP) is 1.29. The zero-order chi connectivity index (χ0) is 11.5. The van der Waals surface area contributed by atoms with Crippen LogP contribution in [-0.2, 0) is 11.2 Å². The summed E-state index contributed by atoms with van der Waals surface area (Å²) in [6, 6.07) is 7.27. The van der Waals surface area contributed by atoms with Crippen LogP contribution in [-0.4, -0.2) is 21.0 Å². The standard InChI is InChI=1S/C11H11N3O2/c12-11-13-6-9(14-11)8-3-1-2-7(4-8)5-10(15)16/h1-4,6H,5H2,(H,15,16)(H3,12,13,14). The molecule has 1 aromatic heterocycles. The molecule has 2 aromatic rings. The number of anilines is 1. The minimum atomic E-state index is -0.846. The number of hydrogen-bond donors (Lipinski definition) is 3. The van der Waals surface area contributed by atoms with Gasteiger partial charge in [0.2, 0.25) is 0 Å². The van der Waals surface area contributed by atoms with Gasteiger partial charge in [0.25, 0.3) is 0 Å². The monoisotopic (exact) mass is 217 g/mol. The van der Waals surface area contributed by atoms with Crippen molar-refractivity contribution in [3.8, 4) is 11.3 Å². The van der Waals surface area contributed by atoms with Gasteiger partial charge in [-0.25, -0.2) is 4.98 Å². The van der Waals surface area contributed by atoms with Gasteiger partial charge in [0.15, 0.2) is 5.95 Å². The van der Waals surface area contributed by atoms with Gasteiger partial charge in [-0.3, -0.25) is 4.79 Å². The molecule has 82 valence electrons. The van der Waals surface area contributed by atoms with Crippen LogP contribution in [0, 0.1) is 0 Å². The zero-order valence-electron chi connectivity index (χ0n) is 8.47. The molecule has 5 heteroatoms. The fourth-order valence-corrected chi connectivity index (χ4v) is 1.51. The molecule has 0 aliphatic rings. The number of carboxylic acid groups (broad SMARTS) is 1. The van der Waals surface area contributed by atoms with E-state index in [1.807, 2.05) is 12.1 Å². The fraction of sp³-hybridized carbons (Fsp3) is 0.0909. The first-order valence-corrected chi connectivity index (χ1v) is 4.77. The van der Waals surface area contributed by atoms with E-state index in [1.54, 1.807) is 18.3 Å². The van der Waals surface area contributed by atoms with Crippen LogP contribution < -0.4 is 5.73 Å². The minimum absolute atomic E-state index is 0.0114. The van der Waals surface area contributed by atoms with E-state index in [4.69, 9.17) is 10.8 Å². The van der Waals surface area contributed by atoms with Gasteiger partial charge in [-0.05, 0) is 17.2 Å². The third-order valence-corrected chi connectivity index (χ3v) is 2.19. The minimum Gasteiger partial charge on any atom is -0.481 e. The first kappa shape index (κ1) is 10.2. The molecule has 0 spiro atoms. The van der Waals surface area contributed by atoms with Crippen LogP contribution in [0.2, 0.25) is 0 Å². The number of nitrogens with one attached hydrogen (secondary N) is 1. The number of carbonyl (C=O) groups is 1. The molecule has 0 unspecified atom stereocenters. The van der Waals surface area contributed by atoms with Gasteiger partial charge >= 0.3 is 5.97 Å². The van der Waals surface area contributed by atoms with Gasteiger partial charge < -0.3 is 15.8 Å². The summed E-state index contributed by atoms with van der Waals surface area (Å²) in [6.45, 7) is 0. The second-order valence-electron chi connectivity index (χ2n) is 3.45.